The fourth-order valence-corrected chi connectivity index (χ4v) is 2.20. The van der Waals surface area contributed by atoms with Gasteiger partial charge in [-0.1, -0.05) is 30.3 Å². The quantitative estimate of drug-likeness (QED) is 0.843. The molecule has 4 heteroatoms. The normalized spacial score (nSPS) is 21.2. The van der Waals surface area contributed by atoms with Crippen LogP contribution in [0.25, 0.3) is 0 Å². The van der Waals surface area contributed by atoms with Crippen molar-refractivity contribution in [1.82, 2.24) is 5.32 Å². The zero-order chi connectivity index (χ0) is 13.7. The predicted molar refractivity (Wildman–Crippen MR) is 73.9 cm³/mol. The second-order valence-electron chi connectivity index (χ2n) is 5.45. The van der Waals surface area contributed by atoms with Crippen molar-refractivity contribution in [3.8, 4) is 0 Å². The summed E-state index contributed by atoms with van der Waals surface area (Å²) in [6.45, 7) is 5.15. The topological polar surface area (TPSA) is 50.7 Å². The molecule has 0 aliphatic carbocycles. The van der Waals surface area contributed by atoms with E-state index in [2.05, 4.69) is 17.4 Å². The first kappa shape index (κ1) is 14.5. The highest BCUT2D eigenvalue weighted by atomic mass is 16.7. The Morgan fingerprint density at radius 1 is 1.26 bits per heavy atom. The lowest BCUT2D eigenvalue weighted by Gasteiger charge is -2.36. The largest absolute Gasteiger partial charge is 0.395 e. The first-order valence-corrected chi connectivity index (χ1v) is 6.78. The van der Waals surface area contributed by atoms with Gasteiger partial charge in [-0.3, -0.25) is 0 Å². The Bertz CT molecular complexity index is 370. The third-order valence-electron chi connectivity index (χ3n) is 3.28. The average Bonchev–Trinajstić information content (AvgIpc) is 2.41. The van der Waals surface area contributed by atoms with Gasteiger partial charge in [-0.25, -0.2) is 0 Å². The summed E-state index contributed by atoms with van der Waals surface area (Å²) in [5.41, 5.74) is 1.21. The highest BCUT2D eigenvalue weighted by Gasteiger charge is 2.29. The molecule has 1 aromatic rings. The lowest BCUT2D eigenvalue weighted by molar-refractivity contribution is -0.253. The van der Waals surface area contributed by atoms with Gasteiger partial charge in [0, 0.05) is 6.04 Å². The molecule has 1 aliphatic rings. The summed E-state index contributed by atoms with van der Waals surface area (Å²) in [6.07, 6.45) is 0.803. The molecule has 0 saturated carbocycles. The Labute approximate surface area is 114 Å². The molecule has 1 atom stereocenters. The summed E-state index contributed by atoms with van der Waals surface area (Å²) in [5.74, 6) is -0.494. The second kappa shape index (κ2) is 6.48. The Morgan fingerprint density at radius 2 is 1.89 bits per heavy atom. The molecule has 0 bridgehead atoms. The number of nitrogens with one attached hydrogen (secondary N) is 1. The summed E-state index contributed by atoms with van der Waals surface area (Å²) < 4.78 is 11.2. The number of rotatable bonds is 5. The third-order valence-corrected chi connectivity index (χ3v) is 3.28. The molecule has 1 heterocycles. The molecule has 19 heavy (non-hydrogen) atoms. The molecule has 1 aromatic carbocycles. The molecule has 0 aromatic heterocycles. The number of aliphatic hydroxyl groups is 1. The Hall–Kier alpha value is -0.940. The molecular weight excluding hydrogens is 242 g/mol. The van der Waals surface area contributed by atoms with Crippen molar-refractivity contribution >= 4 is 0 Å². The van der Waals surface area contributed by atoms with Gasteiger partial charge in [-0.2, -0.15) is 0 Å². The molecule has 1 fully saturated rings. The maximum Gasteiger partial charge on any atom is 0.162 e. The minimum atomic E-state index is -0.494. The number of benzene rings is 1. The van der Waals surface area contributed by atoms with E-state index in [4.69, 9.17) is 9.47 Å². The fraction of sp³-hybridized carbons (Fsp3) is 0.600. The van der Waals surface area contributed by atoms with Gasteiger partial charge in [0.15, 0.2) is 5.79 Å². The van der Waals surface area contributed by atoms with Gasteiger partial charge >= 0.3 is 0 Å². The van der Waals surface area contributed by atoms with Gasteiger partial charge in [-0.15, -0.1) is 0 Å². The number of hydrogen-bond acceptors (Lipinski definition) is 4. The molecule has 2 N–H and O–H groups in total. The second-order valence-corrected chi connectivity index (χ2v) is 5.45. The average molecular weight is 265 g/mol. The van der Waals surface area contributed by atoms with E-state index in [0.29, 0.717) is 13.2 Å². The zero-order valence-electron chi connectivity index (χ0n) is 11.6. The van der Waals surface area contributed by atoms with E-state index in [0.717, 1.165) is 6.42 Å². The lowest BCUT2D eigenvalue weighted by Crippen LogP contribution is -2.52. The van der Waals surface area contributed by atoms with Crippen molar-refractivity contribution < 1.29 is 14.6 Å². The van der Waals surface area contributed by atoms with Gasteiger partial charge in [0.2, 0.25) is 0 Å². The predicted octanol–water partition coefficient (Wildman–Crippen LogP) is 1.33. The van der Waals surface area contributed by atoms with Crippen LogP contribution in [0, 0.1) is 0 Å². The molecule has 2 rings (SSSR count). The smallest absolute Gasteiger partial charge is 0.162 e. The van der Waals surface area contributed by atoms with E-state index in [1.807, 2.05) is 32.0 Å². The van der Waals surface area contributed by atoms with Crippen LogP contribution < -0.4 is 5.32 Å². The van der Waals surface area contributed by atoms with Crippen molar-refractivity contribution in [2.24, 2.45) is 0 Å². The van der Waals surface area contributed by atoms with Crippen molar-refractivity contribution in [2.45, 2.75) is 38.1 Å². The fourth-order valence-electron chi connectivity index (χ4n) is 2.20. The standard InChI is InChI=1S/C15H23NO3/c1-15(2)18-10-14(11-19-15)16-13(9-17)8-12-6-4-3-5-7-12/h3-7,13-14,16-17H,8-11H2,1-2H3/t13-/m0/s1. The SMILES string of the molecule is CC1(C)OCC(N[C@H](CO)Cc2ccccc2)CO1. The number of ether oxygens (including phenoxy) is 2. The van der Waals surface area contributed by atoms with Crippen LogP contribution in [0.4, 0.5) is 0 Å². The Morgan fingerprint density at radius 3 is 2.47 bits per heavy atom. The summed E-state index contributed by atoms with van der Waals surface area (Å²) in [6, 6.07) is 10.3. The monoisotopic (exact) mass is 265 g/mol. The maximum absolute atomic E-state index is 9.48. The van der Waals surface area contributed by atoms with E-state index < -0.39 is 5.79 Å². The summed E-state index contributed by atoms with van der Waals surface area (Å²) in [7, 11) is 0. The number of aliphatic hydroxyl groups excluding tert-OH is 1. The van der Waals surface area contributed by atoms with Crippen molar-refractivity contribution in [1.29, 1.82) is 0 Å². The lowest BCUT2D eigenvalue weighted by atomic mass is 10.1. The molecule has 4 nitrogen and oxygen atoms in total. The van der Waals surface area contributed by atoms with Crippen molar-refractivity contribution in [2.75, 3.05) is 19.8 Å². The van der Waals surface area contributed by atoms with Crippen LogP contribution in [0.15, 0.2) is 30.3 Å². The van der Waals surface area contributed by atoms with Crippen LogP contribution in [-0.2, 0) is 15.9 Å². The van der Waals surface area contributed by atoms with Crippen LogP contribution in [0.5, 0.6) is 0 Å². The minimum Gasteiger partial charge on any atom is -0.395 e. The van der Waals surface area contributed by atoms with Gasteiger partial charge in [0.05, 0.1) is 25.9 Å². The summed E-state index contributed by atoms with van der Waals surface area (Å²) >= 11 is 0. The zero-order valence-corrected chi connectivity index (χ0v) is 11.6. The Kier molecular flexibility index (Phi) is 4.93. The van der Waals surface area contributed by atoms with Crippen LogP contribution in [-0.4, -0.2) is 42.8 Å². The van der Waals surface area contributed by atoms with Gasteiger partial charge in [0.25, 0.3) is 0 Å². The van der Waals surface area contributed by atoms with E-state index in [9.17, 15) is 5.11 Å². The van der Waals surface area contributed by atoms with E-state index in [-0.39, 0.29) is 18.7 Å². The van der Waals surface area contributed by atoms with Gasteiger partial charge in [-0.05, 0) is 25.8 Å². The third kappa shape index (κ3) is 4.58. The summed E-state index contributed by atoms with van der Waals surface area (Å²) in [4.78, 5) is 0. The van der Waals surface area contributed by atoms with Crippen molar-refractivity contribution in [3.05, 3.63) is 35.9 Å². The van der Waals surface area contributed by atoms with E-state index in [1.54, 1.807) is 0 Å². The minimum absolute atomic E-state index is 0.0285. The molecule has 0 unspecified atom stereocenters. The number of hydrogen-bond donors (Lipinski definition) is 2. The van der Waals surface area contributed by atoms with Crippen LogP contribution in [0.3, 0.4) is 0 Å². The highest BCUT2D eigenvalue weighted by molar-refractivity contribution is 5.16. The van der Waals surface area contributed by atoms with Crippen LogP contribution in [0.2, 0.25) is 0 Å². The molecule has 0 radical (unpaired) electrons. The van der Waals surface area contributed by atoms with Gasteiger partial charge in [0.1, 0.15) is 0 Å². The van der Waals surface area contributed by atoms with E-state index in [1.165, 1.54) is 5.56 Å². The molecule has 1 aliphatic heterocycles. The molecular formula is C15H23NO3. The van der Waals surface area contributed by atoms with E-state index >= 15 is 0 Å². The van der Waals surface area contributed by atoms with Crippen LogP contribution >= 0.6 is 0 Å². The molecule has 0 spiro atoms. The molecule has 1 saturated heterocycles. The van der Waals surface area contributed by atoms with Crippen LogP contribution in [0.1, 0.15) is 19.4 Å². The molecule has 106 valence electrons. The highest BCUT2D eigenvalue weighted by Crippen LogP contribution is 2.17. The first-order valence-electron chi connectivity index (χ1n) is 6.78. The maximum atomic E-state index is 9.48. The Balaban J connectivity index is 1.83. The van der Waals surface area contributed by atoms with Gasteiger partial charge < -0.3 is 19.9 Å². The van der Waals surface area contributed by atoms with Crippen molar-refractivity contribution in [3.63, 3.8) is 0 Å². The first-order chi connectivity index (χ1) is 9.09. The molecule has 0 amide bonds. The summed E-state index contributed by atoms with van der Waals surface area (Å²) in [5, 5.41) is 12.9.